The number of amides is 5. The van der Waals surface area contributed by atoms with Crippen LogP contribution in [0.15, 0.2) is 30.9 Å². The quantitative estimate of drug-likeness (QED) is 0.787. The number of benzene rings is 1. The summed E-state index contributed by atoms with van der Waals surface area (Å²) in [6.07, 6.45) is 2.74. The molecule has 2 heterocycles. The van der Waals surface area contributed by atoms with Crippen LogP contribution in [0.4, 0.5) is 16.2 Å². The fraction of sp³-hybridized carbons (Fsp3) is 0.429. The zero-order chi connectivity index (χ0) is 21.1. The number of carbonyl (C=O) groups excluding carboxylic acids is 4. The van der Waals surface area contributed by atoms with Crippen LogP contribution in [0, 0.1) is 12.8 Å². The Hall–Kier alpha value is -3.16. The first-order chi connectivity index (χ1) is 13.8. The van der Waals surface area contributed by atoms with Crippen molar-refractivity contribution >= 4 is 35.1 Å². The van der Waals surface area contributed by atoms with Crippen molar-refractivity contribution in [3.8, 4) is 0 Å². The van der Waals surface area contributed by atoms with Crippen molar-refractivity contribution in [3.05, 3.63) is 36.4 Å². The van der Waals surface area contributed by atoms with E-state index in [0.29, 0.717) is 44.0 Å². The molecule has 29 heavy (non-hydrogen) atoms. The largest absolute Gasteiger partial charge is 0.338 e. The van der Waals surface area contributed by atoms with Crippen LogP contribution in [0.3, 0.4) is 0 Å². The molecule has 154 valence electrons. The Labute approximate surface area is 170 Å². The van der Waals surface area contributed by atoms with Crippen molar-refractivity contribution in [2.75, 3.05) is 36.4 Å². The summed E-state index contributed by atoms with van der Waals surface area (Å²) in [5.41, 5.74) is 2.05. The average molecular weight is 398 g/mol. The number of hydrogen-bond acceptors (Lipinski definition) is 4. The standard InChI is InChI=1S/C21H26N4O4/c1-4-19(27)23-10-6-7-16(13-23)20(28)22-17-8-5-9-18(14(17)2)25-12-11-24(15(3)26)21(25)29/h4-5,8-9,16H,1,6-7,10-13H2,2-3H3,(H,22,28). The minimum absolute atomic E-state index is 0.148. The molecule has 1 aromatic rings. The summed E-state index contributed by atoms with van der Waals surface area (Å²) in [5, 5.41) is 2.95. The molecule has 2 saturated heterocycles. The van der Waals surface area contributed by atoms with E-state index in [1.54, 1.807) is 28.0 Å². The van der Waals surface area contributed by atoms with Crippen LogP contribution in [0.2, 0.25) is 0 Å². The lowest BCUT2D eigenvalue weighted by atomic mass is 9.96. The zero-order valence-corrected chi connectivity index (χ0v) is 16.8. The molecule has 1 aromatic carbocycles. The SMILES string of the molecule is C=CC(=O)N1CCCC(C(=O)Nc2cccc(N3CCN(C(C)=O)C3=O)c2C)C1. The van der Waals surface area contributed by atoms with Gasteiger partial charge in [-0.05, 0) is 43.5 Å². The van der Waals surface area contributed by atoms with Gasteiger partial charge in [0.2, 0.25) is 17.7 Å². The van der Waals surface area contributed by atoms with Crippen LogP contribution in [0.25, 0.3) is 0 Å². The van der Waals surface area contributed by atoms with E-state index < -0.39 is 0 Å². The van der Waals surface area contributed by atoms with Gasteiger partial charge in [-0.1, -0.05) is 12.6 Å². The molecule has 0 spiro atoms. The summed E-state index contributed by atoms with van der Waals surface area (Å²) in [5.74, 6) is -0.888. The molecule has 0 radical (unpaired) electrons. The Morgan fingerprint density at radius 3 is 2.62 bits per heavy atom. The van der Waals surface area contributed by atoms with Gasteiger partial charge < -0.3 is 10.2 Å². The normalized spacial score (nSPS) is 19.3. The highest BCUT2D eigenvalue weighted by Gasteiger charge is 2.33. The third kappa shape index (κ3) is 4.16. The molecular formula is C21H26N4O4. The molecule has 0 bridgehead atoms. The van der Waals surface area contributed by atoms with Gasteiger partial charge in [-0.15, -0.1) is 0 Å². The maximum Gasteiger partial charge on any atom is 0.331 e. The Morgan fingerprint density at radius 1 is 1.21 bits per heavy atom. The highest BCUT2D eigenvalue weighted by atomic mass is 16.2. The number of nitrogens with one attached hydrogen (secondary N) is 1. The molecular weight excluding hydrogens is 372 g/mol. The van der Waals surface area contributed by atoms with Gasteiger partial charge in [-0.3, -0.25) is 24.2 Å². The number of likely N-dealkylation sites (tertiary alicyclic amines) is 1. The molecule has 0 saturated carbocycles. The Bertz CT molecular complexity index is 866. The number of hydrogen-bond donors (Lipinski definition) is 1. The second-order valence-electron chi connectivity index (χ2n) is 7.37. The van der Waals surface area contributed by atoms with Gasteiger partial charge in [-0.25, -0.2) is 4.79 Å². The first-order valence-electron chi connectivity index (χ1n) is 9.75. The molecule has 0 aliphatic carbocycles. The lowest BCUT2D eigenvalue weighted by Gasteiger charge is -2.31. The van der Waals surface area contributed by atoms with Crippen molar-refractivity contribution in [1.82, 2.24) is 9.80 Å². The summed E-state index contributed by atoms with van der Waals surface area (Å²) in [6.45, 7) is 8.47. The minimum Gasteiger partial charge on any atom is -0.338 e. The maximum absolute atomic E-state index is 12.8. The van der Waals surface area contributed by atoms with Crippen molar-refractivity contribution in [3.63, 3.8) is 0 Å². The number of urea groups is 1. The van der Waals surface area contributed by atoms with E-state index in [9.17, 15) is 19.2 Å². The van der Waals surface area contributed by atoms with Crippen molar-refractivity contribution in [2.24, 2.45) is 5.92 Å². The maximum atomic E-state index is 12.8. The Morgan fingerprint density at radius 2 is 1.97 bits per heavy atom. The summed E-state index contributed by atoms with van der Waals surface area (Å²) >= 11 is 0. The molecule has 1 atom stereocenters. The van der Waals surface area contributed by atoms with Crippen LogP contribution in [0.1, 0.15) is 25.3 Å². The number of carbonyl (C=O) groups is 4. The van der Waals surface area contributed by atoms with Crippen LogP contribution in [-0.2, 0) is 14.4 Å². The first-order valence-corrected chi connectivity index (χ1v) is 9.75. The molecule has 3 rings (SSSR count). The Balaban J connectivity index is 1.74. The van der Waals surface area contributed by atoms with E-state index in [1.165, 1.54) is 17.9 Å². The van der Waals surface area contributed by atoms with E-state index in [1.807, 2.05) is 6.92 Å². The fourth-order valence-electron chi connectivity index (χ4n) is 3.86. The fourth-order valence-corrected chi connectivity index (χ4v) is 3.86. The number of anilines is 2. The zero-order valence-electron chi connectivity index (χ0n) is 16.8. The van der Waals surface area contributed by atoms with Crippen molar-refractivity contribution in [2.45, 2.75) is 26.7 Å². The topological polar surface area (TPSA) is 90.0 Å². The Kier molecular flexibility index (Phi) is 6.00. The number of nitrogens with zero attached hydrogens (tertiary/aromatic N) is 3. The number of piperidine rings is 1. The molecule has 2 aliphatic heterocycles. The van der Waals surface area contributed by atoms with E-state index in [0.717, 1.165) is 12.0 Å². The van der Waals surface area contributed by atoms with Crippen LogP contribution in [0.5, 0.6) is 0 Å². The van der Waals surface area contributed by atoms with Crippen LogP contribution in [-0.4, -0.2) is 59.7 Å². The summed E-state index contributed by atoms with van der Waals surface area (Å²) in [4.78, 5) is 53.2. The van der Waals surface area contributed by atoms with Gasteiger partial charge in [0.25, 0.3) is 0 Å². The molecule has 1 N–H and O–H groups in total. The van der Waals surface area contributed by atoms with Crippen molar-refractivity contribution < 1.29 is 19.2 Å². The highest BCUT2D eigenvalue weighted by Crippen LogP contribution is 2.30. The lowest BCUT2D eigenvalue weighted by molar-refractivity contribution is -0.130. The molecule has 8 nitrogen and oxygen atoms in total. The number of imide groups is 1. The monoisotopic (exact) mass is 398 g/mol. The average Bonchev–Trinajstić information content (AvgIpc) is 3.10. The molecule has 2 aliphatic rings. The van der Waals surface area contributed by atoms with Gasteiger partial charge in [0, 0.05) is 38.8 Å². The van der Waals surface area contributed by atoms with E-state index >= 15 is 0 Å². The van der Waals surface area contributed by atoms with Gasteiger partial charge in [0.15, 0.2) is 0 Å². The second kappa shape index (κ2) is 8.46. The first kappa shape index (κ1) is 20.6. The van der Waals surface area contributed by atoms with Crippen LogP contribution >= 0.6 is 0 Å². The van der Waals surface area contributed by atoms with Gasteiger partial charge >= 0.3 is 6.03 Å². The second-order valence-corrected chi connectivity index (χ2v) is 7.37. The van der Waals surface area contributed by atoms with Crippen molar-refractivity contribution in [1.29, 1.82) is 0 Å². The van der Waals surface area contributed by atoms with Gasteiger partial charge in [0.05, 0.1) is 11.6 Å². The predicted octanol–water partition coefficient (Wildman–Crippen LogP) is 2.15. The summed E-state index contributed by atoms with van der Waals surface area (Å²) in [6, 6.07) is 5.01. The lowest BCUT2D eigenvalue weighted by Crippen LogP contribution is -2.43. The van der Waals surface area contributed by atoms with Gasteiger partial charge in [0.1, 0.15) is 0 Å². The third-order valence-corrected chi connectivity index (χ3v) is 5.52. The smallest absolute Gasteiger partial charge is 0.331 e. The van der Waals surface area contributed by atoms with E-state index in [-0.39, 0.29) is 29.7 Å². The molecule has 5 amide bonds. The van der Waals surface area contributed by atoms with E-state index in [2.05, 4.69) is 11.9 Å². The van der Waals surface area contributed by atoms with Crippen LogP contribution < -0.4 is 10.2 Å². The number of rotatable bonds is 4. The van der Waals surface area contributed by atoms with Gasteiger partial charge in [-0.2, -0.15) is 0 Å². The molecule has 2 fully saturated rings. The molecule has 0 aromatic heterocycles. The van der Waals surface area contributed by atoms with E-state index in [4.69, 9.17) is 0 Å². The highest BCUT2D eigenvalue weighted by molar-refractivity contribution is 6.05. The molecule has 1 unspecified atom stereocenters. The predicted molar refractivity (Wildman–Crippen MR) is 109 cm³/mol. The summed E-state index contributed by atoms with van der Waals surface area (Å²) in [7, 11) is 0. The minimum atomic E-state index is -0.352. The summed E-state index contributed by atoms with van der Waals surface area (Å²) < 4.78 is 0. The molecule has 8 heteroatoms. The third-order valence-electron chi connectivity index (χ3n) is 5.52.